The average molecular weight is 396 g/mol. The molecule has 28 heavy (non-hydrogen) atoms. The number of anilines is 2. The number of carbonyl (C=O) groups is 1. The fraction of sp³-hybridized carbons (Fsp3) is 0.0952. The van der Waals surface area contributed by atoms with Gasteiger partial charge in [-0.2, -0.15) is 0 Å². The van der Waals surface area contributed by atoms with Crippen LogP contribution in [0.4, 0.5) is 15.8 Å². The second-order valence-corrected chi connectivity index (χ2v) is 8.25. The zero-order chi connectivity index (χ0) is 19.7. The third-order valence-electron chi connectivity index (χ3n) is 4.64. The van der Waals surface area contributed by atoms with Crippen molar-refractivity contribution >= 4 is 27.3 Å². The van der Waals surface area contributed by atoms with E-state index in [-0.39, 0.29) is 17.3 Å². The van der Waals surface area contributed by atoms with Gasteiger partial charge in [0.2, 0.25) is 0 Å². The van der Waals surface area contributed by atoms with Gasteiger partial charge >= 0.3 is 0 Å². The first kappa shape index (κ1) is 18.2. The van der Waals surface area contributed by atoms with E-state index in [1.54, 1.807) is 42.5 Å². The van der Waals surface area contributed by atoms with Crippen LogP contribution in [0.15, 0.2) is 77.7 Å². The van der Waals surface area contributed by atoms with Gasteiger partial charge in [-0.1, -0.05) is 36.4 Å². The Morgan fingerprint density at radius 2 is 1.68 bits per heavy atom. The van der Waals surface area contributed by atoms with Crippen LogP contribution in [0.2, 0.25) is 0 Å². The van der Waals surface area contributed by atoms with E-state index in [1.165, 1.54) is 22.5 Å². The van der Waals surface area contributed by atoms with Crippen LogP contribution in [0.5, 0.6) is 0 Å². The van der Waals surface area contributed by atoms with E-state index in [1.807, 2.05) is 6.07 Å². The van der Waals surface area contributed by atoms with Crippen molar-refractivity contribution in [3.05, 3.63) is 89.7 Å². The number of nitrogens with one attached hydrogen (secondary N) is 1. The summed E-state index contributed by atoms with van der Waals surface area (Å²) in [5.41, 5.74) is 2.18. The summed E-state index contributed by atoms with van der Waals surface area (Å²) in [5.74, 6) is -1.14. The Hall–Kier alpha value is -3.19. The van der Waals surface area contributed by atoms with Gasteiger partial charge < -0.3 is 5.32 Å². The molecule has 1 amide bonds. The third-order valence-corrected chi connectivity index (χ3v) is 6.48. The Labute approximate surface area is 162 Å². The molecule has 0 radical (unpaired) electrons. The van der Waals surface area contributed by atoms with Gasteiger partial charge in [-0.05, 0) is 48.4 Å². The molecule has 0 saturated carbocycles. The molecule has 1 heterocycles. The quantitative estimate of drug-likeness (QED) is 0.729. The van der Waals surface area contributed by atoms with E-state index in [0.717, 1.165) is 11.6 Å². The van der Waals surface area contributed by atoms with Crippen LogP contribution in [0.1, 0.15) is 15.9 Å². The van der Waals surface area contributed by atoms with E-state index >= 15 is 0 Å². The lowest BCUT2D eigenvalue weighted by molar-refractivity contribution is 0.102. The number of fused-ring (bicyclic) bond motifs is 1. The van der Waals surface area contributed by atoms with Crippen molar-refractivity contribution in [2.75, 3.05) is 16.2 Å². The average Bonchev–Trinajstić information content (AvgIpc) is 3.13. The number of halogens is 1. The monoisotopic (exact) mass is 396 g/mol. The summed E-state index contributed by atoms with van der Waals surface area (Å²) in [6, 6.07) is 19.2. The largest absolute Gasteiger partial charge is 0.322 e. The summed E-state index contributed by atoms with van der Waals surface area (Å²) >= 11 is 0. The molecule has 7 heteroatoms. The van der Waals surface area contributed by atoms with E-state index in [4.69, 9.17) is 0 Å². The first-order valence-electron chi connectivity index (χ1n) is 8.73. The highest BCUT2D eigenvalue weighted by Crippen LogP contribution is 2.34. The van der Waals surface area contributed by atoms with Crippen LogP contribution in [0.25, 0.3) is 0 Å². The molecule has 0 spiro atoms. The number of hydrogen-bond donors (Lipinski definition) is 1. The lowest BCUT2D eigenvalue weighted by Crippen LogP contribution is -2.30. The molecule has 0 fully saturated rings. The van der Waals surface area contributed by atoms with Gasteiger partial charge in [-0.3, -0.25) is 9.10 Å². The predicted molar refractivity (Wildman–Crippen MR) is 105 cm³/mol. The summed E-state index contributed by atoms with van der Waals surface area (Å²) < 4.78 is 41.2. The fourth-order valence-corrected chi connectivity index (χ4v) is 4.80. The van der Waals surface area contributed by atoms with E-state index in [0.29, 0.717) is 23.4 Å². The van der Waals surface area contributed by atoms with Gasteiger partial charge in [-0.15, -0.1) is 0 Å². The molecule has 0 atom stereocenters. The first-order valence-corrected chi connectivity index (χ1v) is 10.2. The highest BCUT2D eigenvalue weighted by molar-refractivity contribution is 7.92. The van der Waals surface area contributed by atoms with Crippen LogP contribution < -0.4 is 9.62 Å². The van der Waals surface area contributed by atoms with Crippen molar-refractivity contribution in [3.8, 4) is 0 Å². The first-order chi connectivity index (χ1) is 13.5. The minimum Gasteiger partial charge on any atom is -0.322 e. The number of amides is 1. The van der Waals surface area contributed by atoms with Crippen LogP contribution in [-0.2, 0) is 16.4 Å². The Kier molecular flexibility index (Phi) is 4.60. The Bertz CT molecular complexity index is 1150. The molecule has 142 valence electrons. The maximum Gasteiger partial charge on any atom is 0.267 e. The third kappa shape index (κ3) is 3.25. The molecule has 1 aliphatic rings. The predicted octanol–water partition coefficient (Wildman–Crippen LogP) is 3.83. The molecule has 3 aromatic carbocycles. The molecule has 4 rings (SSSR count). The number of carbonyl (C=O) groups excluding carboxylic acids is 1. The van der Waals surface area contributed by atoms with E-state index in [9.17, 15) is 17.6 Å². The number of benzene rings is 3. The summed E-state index contributed by atoms with van der Waals surface area (Å²) in [4.78, 5) is 12.2. The van der Waals surface area contributed by atoms with Gasteiger partial charge in [0.15, 0.2) is 0 Å². The highest BCUT2D eigenvalue weighted by atomic mass is 32.2. The van der Waals surface area contributed by atoms with Gasteiger partial charge in [0.25, 0.3) is 15.9 Å². The maximum absolute atomic E-state index is 14.1. The van der Waals surface area contributed by atoms with Crippen LogP contribution in [0, 0.1) is 5.82 Å². The van der Waals surface area contributed by atoms with Crippen LogP contribution >= 0.6 is 0 Å². The summed E-state index contributed by atoms with van der Waals surface area (Å²) in [7, 11) is -4.06. The Morgan fingerprint density at radius 3 is 2.43 bits per heavy atom. The molecule has 3 aromatic rings. The van der Waals surface area contributed by atoms with Crippen molar-refractivity contribution < 1.29 is 17.6 Å². The smallest absolute Gasteiger partial charge is 0.267 e. The number of rotatable bonds is 4. The summed E-state index contributed by atoms with van der Waals surface area (Å²) in [5, 5.41) is 2.78. The molecular weight excluding hydrogens is 379 g/mol. The Morgan fingerprint density at radius 1 is 0.964 bits per heavy atom. The SMILES string of the molecule is O=C(Nc1ccccc1)c1ccc2c(c1)N(S(=O)(=O)c1ccccc1F)CC2. The topological polar surface area (TPSA) is 66.5 Å². The summed E-state index contributed by atoms with van der Waals surface area (Å²) in [6.07, 6.45) is 0.504. The second kappa shape index (κ2) is 7.09. The molecular formula is C21H17FN2O3S. The molecule has 1 aliphatic heterocycles. The molecule has 0 aromatic heterocycles. The fourth-order valence-electron chi connectivity index (χ4n) is 3.24. The number of sulfonamides is 1. The maximum atomic E-state index is 14.1. The highest BCUT2D eigenvalue weighted by Gasteiger charge is 2.33. The number of para-hydroxylation sites is 1. The van der Waals surface area contributed by atoms with E-state index < -0.39 is 15.8 Å². The molecule has 0 unspecified atom stereocenters. The van der Waals surface area contributed by atoms with Gasteiger partial charge in [-0.25, -0.2) is 12.8 Å². The van der Waals surface area contributed by atoms with Crippen molar-refractivity contribution in [2.24, 2.45) is 0 Å². The zero-order valence-corrected chi connectivity index (χ0v) is 15.6. The second-order valence-electron chi connectivity index (χ2n) is 6.42. The van der Waals surface area contributed by atoms with Crippen LogP contribution in [-0.4, -0.2) is 20.9 Å². The molecule has 0 bridgehead atoms. The minimum absolute atomic E-state index is 0.204. The minimum atomic E-state index is -4.06. The van der Waals surface area contributed by atoms with Crippen molar-refractivity contribution in [2.45, 2.75) is 11.3 Å². The van der Waals surface area contributed by atoms with Gasteiger partial charge in [0.05, 0.1) is 5.69 Å². The van der Waals surface area contributed by atoms with E-state index in [2.05, 4.69) is 5.32 Å². The van der Waals surface area contributed by atoms with Gasteiger partial charge in [0, 0.05) is 17.8 Å². The van der Waals surface area contributed by atoms with Crippen molar-refractivity contribution in [3.63, 3.8) is 0 Å². The van der Waals surface area contributed by atoms with Gasteiger partial charge in [0.1, 0.15) is 10.7 Å². The van der Waals surface area contributed by atoms with Crippen molar-refractivity contribution in [1.29, 1.82) is 0 Å². The zero-order valence-electron chi connectivity index (χ0n) is 14.8. The normalized spacial score (nSPS) is 13.2. The number of nitrogens with zero attached hydrogens (tertiary/aromatic N) is 1. The molecule has 0 saturated heterocycles. The molecule has 1 N–H and O–H groups in total. The van der Waals surface area contributed by atoms with Crippen LogP contribution in [0.3, 0.4) is 0 Å². The van der Waals surface area contributed by atoms with Crippen molar-refractivity contribution in [1.82, 2.24) is 0 Å². The molecule has 0 aliphatic carbocycles. The molecule has 5 nitrogen and oxygen atoms in total. The summed E-state index contributed by atoms with van der Waals surface area (Å²) in [6.45, 7) is 0.204. The standard InChI is InChI=1S/C21H17FN2O3S/c22-18-8-4-5-9-20(18)28(26,27)24-13-12-15-10-11-16(14-19(15)24)21(25)23-17-6-2-1-3-7-17/h1-11,14H,12-13H2,(H,23,25). The lowest BCUT2D eigenvalue weighted by atomic mass is 10.1. The Balaban J connectivity index is 1.67. The lowest BCUT2D eigenvalue weighted by Gasteiger charge is -2.20. The number of hydrogen-bond acceptors (Lipinski definition) is 3.